The number of ether oxygens (including phenoxy) is 1. The number of carbonyl (C=O) groups is 2. The molecule has 4 rings (SSSR count). The Balaban J connectivity index is 1.55. The Kier molecular flexibility index (Phi) is 5.44. The van der Waals surface area contributed by atoms with Crippen LogP contribution in [0.2, 0.25) is 0 Å². The van der Waals surface area contributed by atoms with Crippen molar-refractivity contribution in [3.63, 3.8) is 0 Å². The smallest absolute Gasteiger partial charge is 0.254 e. The highest BCUT2D eigenvalue weighted by Crippen LogP contribution is 2.32. The van der Waals surface area contributed by atoms with E-state index in [1.807, 2.05) is 35.2 Å². The molecule has 2 aromatic rings. The first-order valence-corrected chi connectivity index (χ1v) is 10.00. The van der Waals surface area contributed by atoms with Crippen LogP contribution in [-0.4, -0.2) is 35.5 Å². The lowest BCUT2D eigenvalue weighted by Crippen LogP contribution is -2.53. The Morgan fingerprint density at radius 1 is 1.07 bits per heavy atom. The first-order chi connectivity index (χ1) is 13.7. The molecule has 2 fully saturated rings. The van der Waals surface area contributed by atoms with Gasteiger partial charge in [0.2, 0.25) is 5.91 Å². The number of nitrogens with zero attached hydrogens (tertiary/aromatic N) is 1. The van der Waals surface area contributed by atoms with Gasteiger partial charge in [0.15, 0.2) is 6.10 Å². The third-order valence-electron chi connectivity index (χ3n) is 5.47. The third kappa shape index (κ3) is 4.09. The molecular formula is C23H26N2O3. The highest BCUT2D eigenvalue weighted by molar-refractivity contribution is 5.86. The Morgan fingerprint density at radius 2 is 1.75 bits per heavy atom. The second-order valence-corrected chi connectivity index (χ2v) is 7.55. The standard InChI is InChI=1S/C23H26N2O3/c1-2-16-8-10-17(11-9-16)14-25(19-12-13-19)23(27)22-21(24-20(26)15-28-22)18-6-4-3-5-7-18/h3-11,19,21-22H,2,12-15H2,1H3,(H,24,26)/t21-,22+/m1/s1. The van der Waals surface area contributed by atoms with E-state index in [9.17, 15) is 9.59 Å². The van der Waals surface area contributed by atoms with Gasteiger partial charge in [0, 0.05) is 12.6 Å². The molecule has 5 heteroatoms. The molecule has 0 aromatic heterocycles. The van der Waals surface area contributed by atoms with Gasteiger partial charge in [-0.25, -0.2) is 0 Å². The van der Waals surface area contributed by atoms with Gasteiger partial charge >= 0.3 is 0 Å². The van der Waals surface area contributed by atoms with E-state index in [2.05, 4.69) is 36.5 Å². The molecule has 0 unspecified atom stereocenters. The molecule has 2 aliphatic rings. The van der Waals surface area contributed by atoms with Crippen molar-refractivity contribution in [3.8, 4) is 0 Å². The fraction of sp³-hybridized carbons (Fsp3) is 0.391. The van der Waals surface area contributed by atoms with E-state index in [1.165, 1.54) is 5.56 Å². The first kappa shape index (κ1) is 18.7. The van der Waals surface area contributed by atoms with Crippen LogP contribution < -0.4 is 5.32 Å². The predicted molar refractivity (Wildman–Crippen MR) is 106 cm³/mol. The highest BCUT2D eigenvalue weighted by atomic mass is 16.5. The summed E-state index contributed by atoms with van der Waals surface area (Å²) >= 11 is 0. The normalized spacial score (nSPS) is 21.8. The Bertz CT molecular complexity index is 831. The number of aryl methyl sites for hydroxylation is 1. The summed E-state index contributed by atoms with van der Waals surface area (Å²) in [4.78, 5) is 27.3. The van der Waals surface area contributed by atoms with Crippen molar-refractivity contribution >= 4 is 11.8 Å². The molecule has 1 N–H and O–H groups in total. The molecule has 1 saturated carbocycles. The van der Waals surface area contributed by atoms with Gasteiger partial charge in [-0.05, 0) is 36.0 Å². The van der Waals surface area contributed by atoms with Crippen LogP contribution in [0.1, 0.15) is 42.5 Å². The second-order valence-electron chi connectivity index (χ2n) is 7.55. The first-order valence-electron chi connectivity index (χ1n) is 10.00. The monoisotopic (exact) mass is 378 g/mol. The molecule has 2 aromatic carbocycles. The van der Waals surface area contributed by atoms with Crippen molar-refractivity contribution in [1.29, 1.82) is 0 Å². The van der Waals surface area contributed by atoms with Crippen molar-refractivity contribution < 1.29 is 14.3 Å². The Morgan fingerprint density at radius 3 is 2.39 bits per heavy atom. The second kappa shape index (κ2) is 8.15. The molecule has 28 heavy (non-hydrogen) atoms. The lowest BCUT2D eigenvalue weighted by atomic mass is 9.98. The number of carbonyl (C=O) groups excluding carboxylic acids is 2. The zero-order valence-electron chi connectivity index (χ0n) is 16.1. The molecule has 1 aliphatic heterocycles. The fourth-order valence-corrected chi connectivity index (χ4v) is 3.70. The topological polar surface area (TPSA) is 58.6 Å². The van der Waals surface area contributed by atoms with Crippen LogP contribution in [0.5, 0.6) is 0 Å². The van der Waals surface area contributed by atoms with Crippen molar-refractivity contribution in [2.75, 3.05) is 6.61 Å². The van der Waals surface area contributed by atoms with E-state index in [0.29, 0.717) is 6.54 Å². The average molecular weight is 378 g/mol. The minimum Gasteiger partial charge on any atom is -0.356 e. The molecule has 146 valence electrons. The van der Waals surface area contributed by atoms with Crippen LogP contribution in [0.3, 0.4) is 0 Å². The minimum atomic E-state index is -0.699. The molecule has 2 amide bonds. The number of nitrogens with one attached hydrogen (secondary N) is 1. The average Bonchev–Trinajstić information content (AvgIpc) is 3.58. The lowest BCUT2D eigenvalue weighted by Gasteiger charge is -2.35. The molecule has 0 bridgehead atoms. The molecule has 0 radical (unpaired) electrons. The van der Waals surface area contributed by atoms with Gasteiger partial charge in [0.25, 0.3) is 5.91 Å². The molecule has 1 saturated heterocycles. The minimum absolute atomic E-state index is 0.0454. The van der Waals surface area contributed by atoms with E-state index in [1.54, 1.807) is 0 Å². The summed E-state index contributed by atoms with van der Waals surface area (Å²) in [6, 6.07) is 17.8. The van der Waals surface area contributed by atoms with Gasteiger partial charge in [0.1, 0.15) is 6.61 Å². The Hall–Kier alpha value is -2.66. The van der Waals surface area contributed by atoms with Crippen LogP contribution in [0, 0.1) is 0 Å². The third-order valence-corrected chi connectivity index (χ3v) is 5.47. The van der Waals surface area contributed by atoms with Gasteiger partial charge in [-0.3, -0.25) is 9.59 Å². The summed E-state index contributed by atoms with van der Waals surface area (Å²) in [7, 11) is 0. The van der Waals surface area contributed by atoms with E-state index in [-0.39, 0.29) is 24.5 Å². The maximum Gasteiger partial charge on any atom is 0.254 e. The number of hydrogen-bond donors (Lipinski definition) is 1. The summed E-state index contributed by atoms with van der Waals surface area (Å²) in [6.07, 6.45) is 2.34. The summed E-state index contributed by atoms with van der Waals surface area (Å²) in [5.41, 5.74) is 3.29. The SMILES string of the molecule is CCc1ccc(CN(C(=O)[C@H]2OCC(=O)N[C@@H]2c2ccccc2)C2CC2)cc1. The van der Waals surface area contributed by atoms with Crippen LogP contribution in [0.15, 0.2) is 54.6 Å². The maximum atomic E-state index is 13.4. The summed E-state index contributed by atoms with van der Waals surface area (Å²) in [6.45, 7) is 2.62. The summed E-state index contributed by atoms with van der Waals surface area (Å²) < 4.78 is 5.75. The highest BCUT2D eigenvalue weighted by Gasteiger charge is 2.42. The van der Waals surface area contributed by atoms with Crippen LogP contribution in [0.4, 0.5) is 0 Å². The number of amides is 2. The van der Waals surface area contributed by atoms with Gasteiger partial charge in [-0.1, -0.05) is 61.5 Å². The van der Waals surface area contributed by atoms with Gasteiger partial charge < -0.3 is 15.0 Å². The lowest BCUT2D eigenvalue weighted by molar-refractivity contribution is -0.156. The maximum absolute atomic E-state index is 13.4. The van der Waals surface area contributed by atoms with Crippen molar-refractivity contribution in [3.05, 3.63) is 71.3 Å². The van der Waals surface area contributed by atoms with Crippen molar-refractivity contribution in [1.82, 2.24) is 10.2 Å². The van der Waals surface area contributed by atoms with Crippen LogP contribution >= 0.6 is 0 Å². The molecule has 0 spiro atoms. The zero-order valence-corrected chi connectivity index (χ0v) is 16.1. The number of morpholine rings is 1. The van der Waals surface area contributed by atoms with Gasteiger partial charge in [-0.15, -0.1) is 0 Å². The van der Waals surface area contributed by atoms with E-state index >= 15 is 0 Å². The van der Waals surface area contributed by atoms with Crippen LogP contribution in [-0.2, 0) is 27.3 Å². The quantitative estimate of drug-likeness (QED) is 0.841. The number of benzene rings is 2. The predicted octanol–water partition coefficient (Wildman–Crippen LogP) is 3.00. The molecule has 5 nitrogen and oxygen atoms in total. The Labute approximate surface area is 165 Å². The largest absolute Gasteiger partial charge is 0.356 e. The van der Waals surface area contributed by atoms with Crippen molar-refractivity contribution in [2.45, 2.75) is 50.9 Å². The molecule has 1 heterocycles. The zero-order chi connectivity index (χ0) is 19.5. The molecule has 1 aliphatic carbocycles. The van der Waals surface area contributed by atoms with Crippen LogP contribution in [0.25, 0.3) is 0 Å². The molecular weight excluding hydrogens is 352 g/mol. The number of rotatable bonds is 6. The van der Waals surface area contributed by atoms with E-state index < -0.39 is 12.1 Å². The van der Waals surface area contributed by atoms with Crippen molar-refractivity contribution in [2.24, 2.45) is 0 Å². The molecule has 2 atom stereocenters. The van der Waals surface area contributed by atoms with Gasteiger partial charge in [0.05, 0.1) is 6.04 Å². The van der Waals surface area contributed by atoms with E-state index in [0.717, 1.165) is 30.4 Å². The summed E-state index contributed by atoms with van der Waals surface area (Å²) in [5, 5.41) is 2.95. The number of hydrogen-bond acceptors (Lipinski definition) is 3. The van der Waals surface area contributed by atoms with E-state index in [4.69, 9.17) is 4.74 Å². The fourth-order valence-electron chi connectivity index (χ4n) is 3.70. The van der Waals surface area contributed by atoms with Gasteiger partial charge in [-0.2, -0.15) is 0 Å². The summed E-state index contributed by atoms with van der Waals surface area (Å²) in [5.74, 6) is -0.234.